The number of hydrogen-bond acceptors (Lipinski definition) is 8. The summed E-state index contributed by atoms with van der Waals surface area (Å²) in [7, 11) is 1.56. The first-order valence-electron chi connectivity index (χ1n) is 15.2. The Kier molecular flexibility index (Phi) is 7.21. The van der Waals surface area contributed by atoms with E-state index in [1.54, 1.807) is 13.2 Å². The lowest BCUT2D eigenvalue weighted by molar-refractivity contribution is 0.372. The standard InChI is InChI=1S/C36H35N7O2/c1-5-41(6-2)26-19-17-25(18-20-26)37-34-36-39-35-32(23(3)40-43(35)27-12-8-7-9-13-27)33(24-16-21-30(44)31(22-24)45-4)42(36)29-15-11-10-14-28(29)38-34/h7-22,33,44H,5-6H2,1-4H3,(H,37,38)/t33-/m1/s1. The number of phenols is 1. The molecule has 2 N–H and O–H groups in total. The van der Waals surface area contributed by atoms with Gasteiger partial charge in [-0.15, -0.1) is 0 Å². The van der Waals surface area contributed by atoms with Crippen molar-refractivity contribution in [2.24, 2.45) is 9.98 Å². The molecule has 3 heterocycles. The minimum atomic E-state index is -0.335. The summed E-state index contributed by atoms with van der Waals surface area (Å²) in [5.74, 6) is 2.51. The van der Waals surface area contributed by atoms with Crippen molar-refractivity contribution in [2.75, 3.05) is 35.3 Å². The van der Waals surface area contributed by atoms with Crippen molar-refractivity contribution >= 4 is 40.2 Å². The third-order valence-corrected chi connectivity index (χ3v) is 8.42. The number of ether oxygens (including phenoxy) is 1. The molecule has 0 saturated heterocycles. The Morgan fingerprint density at radius 3 is 2.36 bits per heavy atom. The number of nitrogens with one attached hydrogen (secondary N) is 1. The Bertz CT molecular complexity index is 1930. The lowest BCUT2D eigenvalue weighted by Gasteiger charge is -2.40. The lowest BCUT2D eigenvalue weighted by Crippen LogP contribution is -2.46. The number of anilines is 3. The molecule has 2 aliphatic rings. The molecule has 226 valence electrons. The molecule has 0 radical (unpaired) electrons. The summed E-state index contributed by atoms with van der Waals surface area (Å²) in [5.41, 5.74) is 7.49. The predicted molar refractivity (Wildman–Crippen MR) is 182 cm³/mol. The number of fused-ring (bicyclic) bond motifs is 4. The summed E-state index contributed by atoms with van der Waals surface area (Å²) in [5, 5.41) is 19.1. The maximum atomic E-state index is 10.5. The van der Waals surface area contributed by atoms with Crippen LogP contribution in [0.4, 0.5) is 28.6 Å². The van der Waals surface area contributed by atoms with E-state index in [0.29, 0.717) is 17.4 Å². The number of aromatic nitrogens is 2. The van der Waals surface area contributed by atoms with Crippen molar-refractivity contribution in [1.29, 1.82) is 0 Å². The van der Waals surface area contributed by atoms with Gasteiger partial charge >= 0.3 is 0 Å². The first-order valence-corrected chi connectivity index (χ1v) is 15.2. The number of hydrogen-bond donors (Lipinski definition) is 2. The molecule has 0 fully saturated rings. The highest BCUT2D eigenvalue weighted by molar-refractivity contribution is 6.51. The molecule has 1 aromatic heterocycles. The molecule has 9 heteroatoms. The second-order valence-corrected chi connectivity index (χ2v) is 11.0. The second kappa shape index (κ2) is 11.5. The molecular formula is C36H35N7O2. The van der Waals surface area contributed by atoms with Gasteiger partial charge in [0.05, 0.1) is 35.9 Å². The summed E-state index contributed by atoms with van der Waals surface area (Å²) in [6, 6.07) is 31.7. The van der Waals surface area contributed by atoms with Crippen LogP contribution in [0.5, 0.6) is 11.5 Å². The number of benzene rings is 4. The van der Waals surface area contributed by atoms with Crippen LogP contribution >= 0.6 is 0 Å². The Morgan fingerprint density at radius 2 is 1.62 bits per heavy atom. The molecule has 2 aliphatic heterocycles. The van der Waals surface area contributed by atoms with Crippen LogP contribution in [0, 0.1) is 6.92 Å². The van der Waals surface area contributed by atoms with E-state index in [-0.39, 0.29) is 11.8 Å². The smallest absolute Gasteiger partial charge is 0.179 e. The van der Waals surface area contributed by atoms with E-state index in [1.807, 2.05) is 72.3 Å². The molecule has 5 aromatic rings. The van der Waals surface area contributed by atoms with E-state index in [0.717, 1.165) is 58.5 Å². The summed E-state index contributed by atoms with van der Waals surface area (Å²) in [6.45, 7) is 8.23. The predicted octanol–water partition coefficient (Wildman–Crippen LogP) is 7.54. The van der Waals surface area contributed by atoms with Crippen molar-refractivity contribution in [2.45, 2.75) is 26.8 Å². The Balaban J connectivity index is 1.43. The molecule has 0 amide bonds. The second-order valence-electron chi connectivity index (χ2n) is 11.0. The number of amidine groups is 2. The summed E-state index contributed by atoms with van der Waals surface area (Å²) >= 11 is 0. The monoisotopic (exact) mass is 597 g/mol. The third kappa shape index (κ3) is 4.86. The quantitative estimate of drug-likeness (QED) is 0.202. The normalized spacial score (nSPS) is 14.9. The number of nitrogens with zero attached hydrogens (tertiary/aromatic N) is 6. The van der Waals surface area contributed by atoms with E-state index >= 15 is 0 Å². The number of para-hydroxylation sites is 3. The number of rotatable bonds is 7. The molecule has 0 saturated carbocycles. The van der Waals surface area contributed by atoms with Gasteiger partial charge in [-0.1, -0.05) is 36.4 Å². The highest BCUT2D eigenvalue weighted by Gasteiger charge is 2.41. The number of aromatic hydroxyl groups is 1. The molecule has 9 nitrogen and oxygen atoms in total. The average molecular weight is 598 g/mol. The summed E-state index contributed by atoms with van der Waals surface area (Å²) < 4.78 is 7.46. The lowest BCUT2D eigenvalue weighted by atomic mass is 9.93. The van der Waals surface area contributed by atoms with Crippen LogP contribution in [0.3, 0.4) is 0 Å². The van der Waals surface area contributed by atoms with E-state index in [2.05, 4.69) is 59.3 Å². The van der Waals surface area contributed by atoms with E-state index in [1.165, 1.54) is 5.69 Å². The minimum absolute atomic E-state index is 0.0824. The van der Waals surface area contributed by atoms with Gasteiger partial charge in [-0.25, -0.2) is 14.7 Å². The van der Waals surface area contributed by atoms with Gasteiger partial charge in [-0.2, -0.15) is 5.10 Å². The van der Waals surface area contributed by atoms with E-state index < -0.39 is 0 Å². The van der Waals surface area contributed by atoms with Gasteiger partial charge in [0.1, 0.15) is 0 Å². The number of aliphatic imine (C=N–C) groups is 2. The van der Waals surface area contributed by atoms with Crippen LogP contribution in [0.25, 0.3) is 5.69 Å². The first kappa shape index (κ1) is 28.2. The van der Waals surface area contributed by atoms with Gasteiger partial charge in [0.15, 0.2) is 29.0 Å². The van der Waals surface area contributed by atoms with Crippen LogP contribution in [-0.4, -0.2) is 46.8 Å². The molecule has 0 spiro atoms. The Morgan fingerprint density at radius 1 is 0.889 bits per heavy atom. The van der Waals surface area contributed by atoms with Crippen molar-refractivity contribution in [3.63, 3.8) is 0 Å². The molecule has 0 bridgehead atoms. The maximum Gasteiger partial charge on any atom is 0.179 e. The fraction of sp³-hybridized carbons (Fsp3) is 0.194. The molecule has 4 aromatic carbocycles. The molecular weight excluding hydrogens is 562 g/mol. The molecule has 0 aliphatic carbocycles. The van der Waals surface area contributed by atoms with Crippen molar-refractivity contribution in [3.8, 4) is 17.2 Å². The Hall–Kier alpha value is -5.57. The molecule has 1 atom stereocenters. The Labute approximate surface area is 262 Å². The van der Waals surface area contributed by atoms with Gasteiger partial charge in [0.25, 0.3) is 0 Å². The van der Waals surface area contributed by atoms with Crippen molar-refractivity contribution < 1.29 is 9.84 Å². The van der Waals surface area contributed by atoms with Gasteiger partial charge in [0, 0.05) is 30.0 Å². The summed E-state index contributed by atoms with van der Waals surface area (Å²) in [4.78, 5) is 14.9. The number of methoxy groups -OCH3 is 1. The van der Waals surface area contributed by atoms with Crippen LogP contribution in [0.15, 0.2) is 107 Å². The van der Waals surface area contributed by atoms with Gasteiger partial charge in [-0.05, 0) is 87.0 Å². The number of phenolic OH excluding ortho intramolecular Hbond substituents is 1. The van der Waals surface area contributed by atoms with Crippen LogP contribution < -0.4 is 19.9 Å². The summed E-state index contributed by atoms with van der Waals surface area (Å²) in [6.07, 6.45) is 0. The minimum Gasteiger partial charge on any atom is -0.504 e. The molecule has 0 unspecified atom stereocenters. The van der Waals surface area contributed by atoms with Crippen LogP contribution in [-0.2, 0) is 0 Å². The van der Waals surface area contributed by atoms with Crippen LogP contribution in [0.2, 0.25) is 0 Å². The van der Waals surface area contributed by atoms with Crippen molar-refractivity contribution in [3.05, 3.63) is 114 Å². The zero-order chi connectivity index (χ0) is 31.1. The largest absolute Gasteiger partial charge is 0.504 e. The maximum absolute atomic E-state index is 10.5. The zero-order valence-electron chi connectivity index (χ0n) is 25.8. The van der Waals surface area contributed by atoms with E-state index in [4.69, 9.17) is 19.8 Å². The zero-order valence-corrected chi connectivity index (χ0v) is 25.8. The average Bonchev–Trinajstić information content (AvgIpc) is 3.41. The van der Waals surface area contributed by atoms with Crippen molar-refractivity contribution in [1.82, 2.24) is 9.78 Å². The topological polar surface area (TPSA) is 90.5 Å². The fourth-order valence-corrected chi connectivity index (χ4v) is 6.21. The van der Waals surface area contributed by atoms with Gasteiger partial charge in [-0.3, -0.25) is 0 Å². The highest BCUT2D eigenvalue weighted by atomic mass is 16.5. The van der Waals surface area contributed by atoms with Gasteiger partial charge < -0.3 is 25.0 Å². The van der Waals surface area contributed by atoms with Crippen LogP contribution in [0.1, 0.15) is 36.7 Å². The fourth-order valence-electron chi connectivity index (χ4n) is 6.21. The number of aryl methyl sites for hydroxylation is 1. The SMILES string of the molecule is CCN(CC)c1ccc(NC2=Nc3ccccc3N3C2=Nc2c(c(C)nn2-c2ccccc2)[C@H]3c2ccc(O)c(OC)c2)cc1. The molecule has 7 rings (SSSR count). The third-order valence-electron chi connectivity index (χ3n) is 8.42. The first-order chi connectivity index (χ1) is 22.0. The highest BCUT2D eigenvalue weighted by Crippen LogP contribution is 2.49. The van der Waals surface area contributed by atoms with E-state index in [9.17, 15) is 5.11 Å². The molecule has 45 heavy (non-hydrogen) atoms. The van der Waals surface area contributed by atoms with Gasteiger partial charge in [0.2, 0.25) is 0 Å².